The summed E-state index contributed by atoms with van der Waals surface area (Å²) in [5.41, 5.74) is 6.72. The molecule has 4 fully saturated rings. The van der Waals surface area contributed by atoms with Crippen LogP contribution in [-0.4, -0.2) is 90.1 Å². The molecule has 2 aromatic heterocycles. The van der Waals surface area contributed by atoms with E-state index in [-0.39, 0.29) is 43.2 Å². The van der Waals surface area contributed by atoms with E-state index in [9.17, 15) is 19.2 Å². The number of nitrogens with zero attached hydrogens (tertiary/aromatic N) is 4. The summed E-state index contributed by atoms with van der Waals surface area (Å²) >= 11 is 0. The number of hydrogen-bond donors (Lipinski definition) is 4. The molecule has 2 unspecified atom stereocenters. The molecule has 362 valence electrons. The van der Waals surface area contributed by atoms with Gasteiger partial charge in [0.15, 0.2) is 0 Å². The van der Waals surface area contributed by atoms with Gasteiger partial charge in [-0.25, -0.2) is 19.6 Å². The van der Waals surface area contributed by atoms with Crippen molar-refractivity contribution in [1.82, 2.24) is 40.4 Å². The van der Waals surface area contributed by atoms with Crippen LogP contribution in [0.5, 0.6) is 0 Å². The van der Waals surface area contributed by atoms with Crippen LogP contribution in [0.3, 0.4) is 0 Å². The Balaban J connectivity index is 0.00000648. The van der Waals surface area contributed by atoms with Crippen LogP contribution in [0.25, 0.3) is 11.3 Å². The van der Waals surface area contributed by atoms with Crippen LogP contribution in [0, 0.1) is 11.8 Å². The first-order chi connectivity index (χ1) is 30.8. The molecule has 14 nitrogen and oxygen atoms in total. The van der Waals surface area contributed by atoms with Gasteiger partial charge >= 0.3 is 12.2 Å². The van der Waals surface area contributed by atoms with Gasteiger partial charge in [-0.1, -0.05) is 47.3 Å². The first-order valence-electron chi connectivity index (χ1n) is 24.6. The van der Waals surface area contributed by atoms with Gasteiger partial charge in [0.2, 0.25) is 11.8 Å². The first-order valence-corrected chi connectivity index (χ1v) is 24.6. The van der Waals surface area contributed by atoms with Crippen molar-refractivity contribution in [2.24, 2.45) is 11.8 Å². The quantitative estimate of drug-likeness (QED) is 0.147. The van der Waals surface area contributed by atoms with Crippen molar-refractivity contribution < 1.29 is 28.7 Å². The lowest BCUT2D eigenvalue weighted by atomic mass is 9.73. The number of H-pyrrole nitrogens is 2. The van der Waals surface area contributed by atoms with E-state index in [1.54, 1.807) is 5.56 Å². The molecule has 0 spiro atoms. The molecule has 2 aliphatic heterocycles. The largest absolute Gasteiger partial charge is 0.444 e. The fourth-order valence-corrected chi connectivity index (χ4v) is 11.6. The molecule has 2 bridgehead atoms. The number of aromatic amines is 2. The first kappa shape index (κ1) is 49.0. The number of likely N-dealkylation sites (tertiary alicyclic amines) is 2. The van der Waals surface area contributed by atoms with Gasteiger partial charge in [0.25, 0.3) is 0 Å². The lowest BCUT2D eigenvalue weighted by molar-refractivity contribution is -0.136. The molecule has 6 atom stereocenters. The second kappa shape index (κ2) is 19.4. The van der Waals surface area contributed by atoms with Crippen molar-refractivity contribution in [3.05, 3.63) is 58.6 Å². The van der Waals surface area contributed by atoms with Gasteiger partial charge < -0.3 is 39.9 Å². The number of alkyl carbamates (subject to hydrolysis) is 2. The van der Waals surface area contributed by atoms with E-state index in [2.05, 4.69) is 32.7 Å². The van der Waals surface area contributed by atoms with Crippen molar-refractivity contribution in [2.45, 2.75) is 206 Å². The van der Waals surface area contributed by atoms with Gasteiger partial charge in [-0.15, -0.1) is 0 Å². The third-order valence-electron chi connectivity index (χ3n) is 14.6. The number of amides is 4. The molecular formula is C52H78N8O6. The minimum atomic E-state index is -0.696. The summed E-state index contributed by atoms with van der Waals surface area (Å²) in [4.78, 5) is 74.4. The van der Waals surface area contributed by atoms with Crippen molar-refractivity contribution in [1.29, 1.82) is 0 Å². The second-order valence-electron chi connectivity index (χ2n) is 22.3. The lowest BCUT2D eigenvalue weighted by Gasteiger charge is -2.32. The lowest BCUT2D eigenvalue weighted by Crippen LogP contribution is -2.52. The molecule has 5 aliphatic rings. The van der Waals surface area contributed by atoms with Gasteiger partial charge in [0, 0.05) is 36.5 Å². The zero-order valence-electron chi connectivity index (χ0n) is 40.5. The maximum absolute atomic E-state index is 14.0. The summed E-state index contributed by atoms with van der Waals surface area (Å²) in [7, 11) is 0. The number of ether oxygens (including phenoxy) is 2. The minimum absolute atomic E-state index is 0. The molecular weight excluding hydrogens is 833 g/mol. The number of rotatable bonds is 11. The molecule has 2 saturated heterocycles. The van der Waals surface area contributed by atoms with Crippen LogP contribution in [0.2, 0.25) is 0 Å². The SMILES string of the molecule is C.CC(C)[C@H](NC(=O)OC(C)(C)C)C(=O)N1CCC[C@H]1c1ncc(-c2ccc(C3CCC(c4cnc([C@@H]5CCCN5C(=O)[C@@H](NC(=O)OC(C)(C)C)C(C)C)[nH]4)CC3)c3c2C2CCC3C2)[nH]1. The number of carbonyl (C=O) groups is 4. The van der Waals surface area contributed by atoms with Gasteiger partial charge in [-0.3, -0.25) is 9.59 Å². The Morgan fingerprint density at radius 1 is 0.636 bits per heavy atom. The van der Waals surface area contributed by atoms with Crippen molar-refractivity contribution in [3.8, 4) is 11.3 Å². The molecule has 3 aliphatic carbocycles. The van der Waals surface area contributed by atoms with Gasteiger partial charge in [0.05, 0.1) is 24.0 Å². The fraction of sp³-hybridized carbons (Fsp3) is 0.692. The van der Waals surface area contributed by atoms with Crippen molar-refractivity contribution in [3.63, 3.8) is 0 Å². The Bertz CT molecular complexity index is 2220. The van der Waals surface area contributed by atoms with Gasteiger partial charge in [0.1, 0.15) is 34.9 Å². The number of carbonyl (C=O) groups excluding carboxylic acids is 4. The molecule has 4 N–H and O–H groups in total. The summed E-state index contributed by atoms with van der Waals surface area (Å²) in [6, 6.07) is 3.02. The number of imidazole rings is 2. The molecule has 3 aromatic rings. The van der Waals surface area contributed by atoms with Crippen molar-refractivity contribution in [2.75, 3.05) is 13.1 Å². The predicted octanol–water partition coefficient (Wildman–Crippen LogP) is 10.7. The number of nitrogens with one attached hydrogen (secondary N) is 4. The Labute approximate surface area is 392 Å². The number of hydrogen-bond acceptors (Lipinski definition) is 8. The van der Waals surface area contributed by atoms with Crippen molar-refractivity contribution >= 4 is 24.0 Å². The van der Waals surface area contributed by atoms with Crippen LogP contribution < -0.4 is 10.6 Å². The molecule has 0 radical (unpaired) electrons. The molecule has 14 heteroatoms. The minimum Gasteiger partial charge on any atom is -0.444 e. The van der Waals surface area contributed by atoms with E-state index < -0.39 is 35.5 Å². The van der Waals surface area contributed by atoms with Gasteiger partial charge in [-0.2, -0.15) is 0 Å². The summed E-state index contributed by atoms with van der Waals surface area (Å²) in [6.07, 6.45) is 14.3. The Morgan fingerprint density at radius 2 is 1.11 bits per heavy atom. The van der Waals surface area contributed by atoms with E-state index >= 15 is 0 Å². The van der Waals surface area contributed by atoms with Crippen LogP contribution in [-0.2, 0) is 19.1 Å². The number of fused-ring (bicyclic) bond motifs is 5. The predicted molar refractivity (Wildman–Crippen MR) is 256 cm³/mol. The smallest absolute Gasteiger partial charge is 0.408 e. The van der Waals surface area contributed by atoms with Crippen LogP contribution in [0.15, 0.2) is 24.5 Å². The molecule has 1 aromatic carbocycles. The van der Waals surface area contributed by atoms with E-state index in [1.807, 2.05) is 91.4 Å². The van der Waals surface area contributed by atoms with Gasteiger partial charge in [-0.05, 0) is 158 Å². The van der Waals surface area contributed by atoms with E-state index in [1.165, 1.54) is 36.0 Å². The van der Waals surface area contributed by atoms with E-state index in [0.29, 0.717) is 36.8 Å². The molecule has 4 heterocycles. The summed E-state index contributed by atoms with van der Waals surface area (Å²) in [5.74, 6) is 3.27. The third kappa shape index (κ3) is 10.3. The normalized spacial score (nSPS) is 24.8. The molecule has 66 heavy (non-hydrogen) atoms. The molecule has 8 rings (SSSR count). The van der Waals surface area contributed by atoms with E-state index in [4.69, 9.17) is 19.4 Å². The second-order valence-corrected chi connectivity index (χ2v) is 22.3. The summed E-state index contributed by atoms with van der Waals surface area (Å²) < 4.78 is 11.0. The highest BCUT2D eigenvalue weighted by Crippen LogP contribution is 2.58. The maximum Gasteiger partial charge on any atom is 0.408 e. The Morgan fingerprint density at radius 3 is 1.62 bits per heavy atom. The summed E-state index contributed by atoms with van der Waals surface area (Å²) in [6.45, 7) is 20.0. The third-order valence-corrected chi connectivity index (χ3v) is 14.6. The average molecular weight is 911 g/mol. The molecule has 2 saturated carbocycles. The monoisotopic (exact) mass is 911 g/mol. The maximum atomic E-state index is 14.0. The highest BCUT2D eigenvalue weighted by Gasteiger charge is 2.44. The summed E-state index contributed by atoms with van der Waals surface area (Å²) in [5, 5.41) is 5.71. The van der Waals surface area contributed by atoms with Crippen LogP contribution in [0.1, 0.15) is 217 Å². The highest BCUT2D eigenvalue weighted by atomic mass is 16.6. The molecule has 4 amide bonds. The average Bonchev–Trinajstić information content (AvgIpc) is 4.10. The Kier molecular flexibility index (Phi) is 14.4. The van der Waals surface area contributed by atoms with Crippen LogP contribution in [0.4, 0.5) is 9.59 Å². The zero-order valence-corrected chi connectivity index (χ0v) is 40.5. The number of aromatic nitrogens is 4. The van der Waals surface area contributed by atoms with E-state index in [0.717, 1.165) is 74.4 Å². The number of benzene rings is 1. The Hall–Kier alpha value is -4.88. The zero-order chi connectivity index (χ0) is 46.5. The topological polar surface area (TPSA) is 175 Å². The standard InChI is InChI=1S/C51H74N8O6.CH4/c1-28(2)42(56-48(62)64-50(5,6)7)46(60)58-23-11-13-38(58)44-52-26-36(54-44)31-17-15-30(16-18-31)34-21-22-35(41-33-20-19-32(25-33)40(34)41)37-27-53-45(55-37)39-14-12-24-59(39)47(61)43(29(3)4)57-49(63)65-51(8,9)10;/h21-22,26-33,38-39,42-43H,11-20,23-25H2,1-10H3,(H,52,54)(H,53,55)(H,56,62)(H,57,63);1H4/t30?,31?,32?,33?,38-,39-,42-,43-;/m0./s1. The fourth-order valence-electron chi connectivity index (χ4n) is 11.6. The highest BCUT2D eigenvalue weighted by molar-refractivity contribution is 5.87. The van der Waals surface area contributed by atoms with Crippen LogP contribution >= 0.6 is 0 Å².